The van der Waals surface area contributed by atoms with Crippen molar-refractivity contribution in [1.29, 1.82) is 0 Å². The summed E-state index contributed by atoms with van der Waals surface area (Å²) in [5.74, 6) is 1.58. The Labute approximate surface area is 220 Å². The van der Waals surface area contributed by atoms with Crippen LogP contribution in [0.5, 0.6) is 5.75 Å². The zero-order valence-electron chi connectivity index (χ0n) is 21.6. The van der Waals surface area contributed by atoms with Crippen LogP contribution in [0.4, 0.5) is 33.8 Å². The molecule has 2 aliphatic rings. The van der Waals surface area contributed by atoms with Crippen LogP contribution in [0.25, 0.3) is 0 Å². The highest BCUT2D eigenvalue weighted by atomic mass is 32.1. The standard InChI is InChI=1S/C25H32N8O3S/c1-5-33-19-15-26-25(29-22(19)30(3)24-21(23(33)35)27-16(2)37-24)28-18-7-6-17(14-20(18)36-4)32-10-8-31(9-11-32)12-13-34/h6-7,14-15,34H,5,8-13H2,1-4H3,(H,26,28,29). The third-order valence-corrected chi connectivity index (χ3v) is 7.78. The Morgan fingerprint density at radius 1 is 1.19 bits per heavy atom. The number of piperazine rings is 1. The number of amides is 1. The predicted octanol–water partition coefficient (Wildman–Crippen LogP) is 2.86. The first-order chi connectivity index (χ1) is 17.9. The summed E-state index contributed by atoms with van der Waals surface area (Å²) in [6, 6.07) is 6.05. The van der Waals surface area contributed by atoms with Crippen molar-refractivity contribution in [1.82, 2.24) is 19.9 Å². The lowest BCUT2D eigenvalue weighted by Crippen LogP contribution is -2.47. The molecule has 1 fully saturated rings. The average molecular weight is 525 g/mol. The summed E-state index contributed by atoms with van der Waals surface area (Å²) in [7, 11) is 3.54. The van der Waals surface area contributed by atoms with Gasteiger partial charge in [-0.3, -0.25) is 9.69 Å². The molecule has 196 valence electrons. The van der Waals surface area contributed by atoms with Crippen molar-refractivity contribution in [3.05, 3.63) is 35.1 Å². The van der Waals surface area contributed by atoms with E-state index in [1.54, 1.807) is 18.2 Å². The van der Waals surface area contributed by atoms with Gasteiger partial charge >= 0.3 is 0 Å². The fourth-order valence-corrected chi connectivity index (χ4v) is 5.64. The summed E-state index contributed by atoms with van der Waals surface area (Å²) in [4.78, 5) is 35.2. The minimum absolute atomic E-state index is 0.147. The third-order valence-electron chi connectivity index (χ3n) is 6.73. The van der Waals surface area contributed by atoms with Gasteiger partial charge in [-0.1, -0.05) is 0 Å². The number of carbonyl (C=O) groups is 1. The highest BCUT2D eigenvalue weighted by Gasteiger charge is 2.33. The number of rotatable bonds is 7. The normalized spacial score (nSPS) is 15.9. The number of methoxy groups -OCH3 is 1. The zero-order chi connectivity index (χ0) is 26.1. The maximum atomic E-state index is 13.2. The Kier molecular flexibility index (Phi) is 7.13. The quantitative estimate of drug-likeness (QED) is 0.479. The molecule has 12 heteroatoms. The molecule has 1 saturated heterocycles. The van der Waals surface area contributed by atoms with Crippen molar-refractivity contribution < 1.29 is 14.6 Å². The van der Waals surface area contributed by atoms with Gasteiger partial charge < -0.3 is 29.9 Å². The first-order valence-corrected chi connectivity index (χ1v) is 13.2. The van der Waals surface area contributed by atoms with Gasteiger partial charge in [0.2, 0.25) is 5.95 Å². The molecule has 0 atom stereocenters. The monoisotopic (exact) mass is 524 g/mol. The van der Waals surface area contributed by atoms with Crippen LogP contribution in [0.15, 0.2) is 24.4 Å². The molecule has 11 nitrogen and oxygen atoms in total. The lowest BCUT2D eigenvalue weighted by molar-refractivity contribution is 0.0985. The molecule has 4 heterocycles. The van der Waals surface area contributed by atoms with Gasteiger partial charge in [-0.05, 0) is 26.0 Å². The van der Waals surface area contributed by atoms with Crippen LogP contribution in [-0.2, 0) is 0 Å². The lowest BCUT2D eigenvalue weighted by Gasteiger charge is -2.36. The molecular weight excluding hydrogens is 492 g/mol. The molecule has 2 aliphatic heterocycles. The molecule has 0 unspecified atom stereocenters. The van der Waals surface area contributed by atoms with Gasteiger partial charge in [-0.25, -0.2) is 9.97 Å². The number of thiazole rings is 1. The second kappa shape index (κ2) is 10.5. The SMILES string of the molecule is CCN1C(=O)c2nc(C)sc2N(C)c2nc(Nc3ccc(N4CCN(CCO)CC4)cc3OC)ncc21. The molecular formula is C25H32N8O3S. The second-order valence-electron chi connectivity index (χ2n) is 8.96. The van der Waals surface area contributed by atoms with Crippen LogP contribution in [-0.4, -0.2) is 90.9 Å². The number of nitrogens with zero attached hydrogens (tertiary/aromatic N) is 7. The molecule has 0 radical (unpaired) electrons. The number of nitrogens with one attached hydrogen (secondary N) is 1. The van der Waals surface area contributed by atoms with Gasteiger partial charge in [0.05, 0.1) is 30.6 Å². The van der Waals surface area contributed by atoms with Crippen molar-refractivity contribution in [3.63, 3.8) is 0 Å². The smallest absolute Gasteiger partial charge is 0.280 e. The van der Waals surface area contributed by atoms with Crippen LogP contribution in [0.1, 0.15) is 22.4 Å². The number of hydrogen-bond acceptors (Lipinski definition) is 11. The van der Waals surface area contributed by atoms with E-state index in [0.29, 0.717) is 42.0 Å². The summed E-state index contributed by atoms with van der Waals surface area (Å²) in [6.07, 6.45) is 1.68. The Hall–Kier alpha value is -3.48. The molecule has 0 bridgehead atoms. The maximum Gasteiger partial charge on any atom is 0.280 e. The molecule has 0 spiro atoms. The molecule has 5 rings (SSSR count). The molecule has 1 amide bonds. The largest absolute Gasteiger partial charge is 0.494 e. The number of anilines is 6. The van der Waals surface area contributed by atoms with Gasteiger partial charge in [-0.15, -0.1) is 11.3 Å². The van der Waals surface area contributed by atoms with Gasteiger partial charge in [0.15, 0.2) is 11.5 Å². The Morgan fingerprint density at radius 3 is 2.68 bits per heavy atom. The molecule has 2 aromatic heterocycles. The van der Waals surface area contributed by atoms with Gasteiger partial charge in [0.1, 0.15) is 16.4 Å². The fraction of sp³-hybridized carbons (Fsp3) is 0.440. The van der Waals surface area contributed by atoms with E-state index in [1.165, 1.54) is 11.3 Å². The Balaban J connectivity index is 1.41. The number of ether oxygens (including phenoxy) is 1. The summed E-state index contributed by atoms with van der Waals surface area (Å²) in [5, 5.41) is 14.1. The number of aryl methyl sites for hydroxylation is 1. The minimum atomic E-state index is -0.147. The van der Waals surface area contributed by atoms with Gasteiger partial charge in [-0.2, -0.15) is 4.98 Å². The Morgan fingerprint density at radius 2 is 1.97 bits per heavy atom. The summed E-state index contributed by atoms with van der Waals surface area (Å²) in [6.45, 7) is 8.82. The van der Waals surface area contributed by atoms with E-state index in [0.717, 1.165) is 47.6 Å². The van der Waals surface area contributed by atoms with Crippen LogP contribution in [0.3, 0.4) is 0 Å². The van der Waals surface area contributed by atoms with Crippen molar-refractivity contribution in [2.24, 2.45) is 0 Å². The van der Waals surface area contributed by atoms with Crippen LogP contribution < -0.4 is 24.8 Å². The van der Waals surface area contributed by atoms with E-state index >= 15 is 0 Å². The zero-order valence-corrected chi connectivity index (χ0v) is 22.4. The van der Waals surface area contributed by atoms with Crippen molar-refractivity contribution in [2.75, 3.05) is 80.0 Å². The lowest BCUT2D eigenvalue weighted by atomic mass is 10.2. The third kappa shape index (κ3) is 4.79. The summed E-state index contributed by atoms with van der Waals surface area (Å²) >= 11 is 1.47. The molecule has 1 aromatic carbocycles. The molecule has 0 saturated carbocycles. The van der Waals surface area contributed by atoms with E-state index < -0.39 is 0 Å². The Bertz CT molecular complexity index is 1290. The number of benzene rings is 1. The number of carbonyl (C=O) groups excluding carboxylic acids is 1. The number of aromatic nitrogens is 3. The fourth-order valence-electron chi connectivity index (χ4n) is 4.77. The number of aliphatic hydroxyl groups excluding tert-OH is 1. The van der Waals surface area contributed by atoms with Crippen molar-refractivity contribution >= 4 is 51.1 Å². The highest BCUT2D eigenvalue weighted by molar-refractivity contribution is 7.16. The van der Waals surface area contributed by atoms with Crippen molar-refractivity contribution in [2.45, 2.75) is 13.8 Å². The average Bonchev–Trinajstić information content (AvgIpc) is 3.28. The summed E-state index contributed by atoms with van der Waals surface area (Å²) in [5.41, 5.74) is 2.91. The van der Waals surface area contributed by atoms with E-state index in [1.807, 2.05) is 37.9 Å². The van der Waals surface area contributed by atoms with Crippen LogP contribution in [0, 0.1) is 6.92 Å². The number of β-amino-alcohol motifs (C(OH)–C–C–N with tert-alkyl or cyclic N) is 1. The first-order valence-electron chi connectivity index (χ1n) is 12.4. The maximum absolute atomic E-state index is 13.2. The number of fused-ring (bicyclic) bond motifs is 2. The van der Waals surface area contributed by atoms with E-state index in [2.05, 4.69) is 31.2 Å². The summed E-state index contributed by atoms with van der Waals surface area (Å²) < 4.78 is 5.70. The molecule has 3 aromatic rings. The number of aliphatic hydroxyl groups is 1. The molecule has 37 heavy (non-hydrogen) atoms. The number of hydrogen-bond donors (Lipinski definition) is 2. The van der Waals surface area contributed by atoms with E-state index in [9.17, 15) is 9.90 Å². The van der Waals surface area contributed by atoms with Gasteiger partial charge in [0.25, 0.3) is 5.91 Å². The van der Waals surface area contributed by atoms with Crippen LogP contribution in [0.2, 0.25) is 0 Å². The molecule has 0 aliphatic carbocycles. The second-order valence-corrected chi connectivity index (χ2v) is 10.1. The minimum Gasteiger partial charge on any atom is -0.494 e. The van der Waals surface area contributed by atoms with Crippen LogP contribution >= 0.6 is 11.3 Å². The molecule has 2 N–H and O–H groups in total. The highest BCUT2D eigenvalue weighted by Crippen LogP contribution is 2.41. The topological polar surface area (TPSA) is 110 Å². The van der Waals surface area contributed by atoms with E-state index in [-0.39, 0.29) is 12.5 Å². The van der Waals surface area contributed by atoms with Gasteiger partial charge in [0, 0.05) is 58.1 Å². The predicted molar refractivity (Wildman–Crippen MR) is 146 cm³/mol. The van der Waals surface area contributed by atoms with Crippen molar-refractivity contribution in [3.8, 4) is 5.75 Å². The van der Waals surface area contributed by atoms with E-state index in [4.69, 9.17) is 9.72 Å². The first kappa shape index (κ1) is 25.2.